The van der Waals surface area contributed by atoms with Crippen molar-refractivity contribution in [2.45, 2.75) is 31.7 Å². The Kier molecular flexibility index (Phi) is 3.55. The van der Waals surface area contributed by atoms with Gasteiger partial charge in [-0.15, -0.1) is 0 Å². The minimum Gasteiger partial charge on any atom is -0.421 e. The van der Waals surface area contributed by atoms with E-state index in [1.165, 1.54) is 6.07 Å². The first kappa shape index (κ1) is 17.5. The molecule has 3 unspecified atom stereocenters. The Morgan fingerprint density at radius 2 is 2.03 bits per heavy atom. The molecule has 4 aromatic rings. The van der Waals surface area contributed by atoms with Gasteiger partial charge in [0.1, 0.15) is 17.3 Å². The largest absolute Gasteiger partial charge is 0.421 e. The van der Waals surface area contributed by atoms with Gasteiger partial charge in [0.25, 0.3) is 0 Å². The molecule has 0 amide bonds. The van der Waals surface area contributed by atoms with Crippen molar-refractivity contribution in [2.75, 3.05) is 12.4 Å². The number of rotatable bonds is 3. The van der Waals surface area contributed by atoms with Crippen LogP contribution in [0.5, 0.6) is 11.8 Å². The monoisotopic (exact) mass is 405 g/mol. The molecule has 1 saturated carbocycles. The van der Waals surface area contributed by atoms with Gasteiger partial charge in [-0.25, -0.2) is 14.4 Å². The summed E-state index contributed by atoms with van der Waals surface area (Å²) in [6.45, 7) is 1.81. The number of halogens is 1. The van der Waals surface area contributed by atoms with Crippen LogP contribution in [0, 0.1) is 18.7 Å². The SMILES string of the molecule is CNc1cc(F)c2c3c1[nH]c1nc(Oc4cnc(C)nc4)nc(c13)C1CC(N)C1C2. The molecule has 4 N–H and O–H groups in total. The van der Waals surface area contributed by atoms with Crippen LogP contribution in [-0.4, -0.2) is 38.0 Å². The normalized spacial score (nSPS) is 22.1. The molecule has 0 spiro atoms. The first-order valence-corrected chi connectivity index (χ1v) is 9.98. The van der Waals surface area contributed by atoms with Gasteiger partial charge in [0.2, 0.25) is 0 Å². The molecule has 1 fully saturated rings. The second-order valence-corrected chi connectivity index (χ2v) is 8.07. The lowest BCUT2D eigenvalue weighted by Gasteiger charge is -2.42. The molecular weight excluding hydrogens is 385 g/mol. The van der Waals surface area contributed by atoms with Crippen LogP contribution in [0.1, 0.15) is 29.4 Å². The van der Waals surface area contributed by atoms with Crippen molar-refractivity contribution < 1.29 is 9.13 Å². The number of aromatic nitrogens is 5. The van der Waals surface area contributed by atoms with E-state index in [2.05, 4.69) is 25.3 Å². The number of ether oxygens (including phenoxy) is 1. The van der Waals surface area contributed by atoms with Crippen molar-refractivity contribution in [3.63, 3.8) is 0 Å². The van der Waals surface area contributed by atoms with Gasteiger partial charge in [-0.2, -0.15) is 9.97 Å². The van der Waals surface area contributed by atoms with Crippen LogP contribution >= 0.6 is 0 Å². The van der Waals surface area contributed by atoms with Crippen molar-refractivity contribution in [1.29, 1.82) is 0 Å². The predicted molar refractivity (Wildman–Crippen MR) is 110 cm³/mol. The number of anilines is 1. The van der Waals surface area contributed by atoms with Crippen molar-refractivity contribution in [1.82, 2.24) is 24.9 Å². The second kappa shape index (κ2) is 6.09. The Morgan fingerprint density at radius 1 is 1.23 bits per heavy atom. The Balaban J connectivity index is 1.61. The van der Waals surface area contributed by atoms with E-state index in [1.807, 2.05) is 0 Å². The summed E-state index contributed by atoms with van der Waals surface area (Å²) in [6, 6.07) is 1.78. The highest BCUT2D eigenvalue weighted by Gasteiger charge is 2.44. The van der Waals surface area contributed by atoms with Crippen LogP contribution in [0.2, 0.25) is 0 Å². The van der Waals surface area contributed by atoms with E-state index in [4.69, 9.17) is 15.5 Å². The van der Waals surface area contributed by atoms with E-state index in [1.54, 1.807) is 26.4 Å². The minimum absolute atomic E-state index is 0.0290. The number of nitrogens with one attached hydrogen (secondary N) is 2. The summed E-state index contributed by atoms with van der Waals surface area (Å²) in [5, 5.41) is 4.79. The smallest absolute Gasteiger partial charge is 0.324 e. The van der Waals surface area contributed by atoms with Gasteiger partial charge in [-0.05, 0) is 37.3 Å². The molecule has 0 aliphatic heterocycles. The highest BCUT2D eigenvalue weighted by Crippen LogP contribution is 2.51. The standard InChI is InChI=1S/C21H20FN7O/c1-8-25-6-9(7-26-8)30-21-28-18-11-4-14(23)10(11)3-12-13(22)5-15(24-2)19-16(12)17(18)20(27-19)29-21/h5-7,10-11,14,24H,3-4,23H2,1-2H3,(H,27,28,29). The van der Waals surface area contributed by atoms with Gasteiger partial charge in [0.15, 0.2) is 5.75 Å². The van der Waals surface area contributed by atoms with E-state index >= 15 is 4.39 Å². The highest BCUT2D eigenvalue weighted by atomic mass is 19.1. The number of aryl methyl sites for hydroxylation is 1. The first-order valence-electron chi connectivity index (χ1n) is 9.98. The molecule has 2 aliphatic carbocycles. The zero-order chi connectivity index (χ0) is 20.6. The van der Waals surface area contributed by atoms with Crippen LogP contribution in [-0.2, 0) is 6.42 Å². The molecular formula is C21H20FN7O. The van der Waals surface area contributed by atoms with Gasteiger partial charge >= 0.3 is 6.01 Å². The van der Waals surface area contributed by atoms with Crippen molar-refractivity contribution >= 4 is 27.6 Å². The number of aromatic amines is 1. The predicted octanol–water partition coefficient (Wildman–Crippen LogP) is 3.17. The molecule has 152 valence electrons. The quantitative estimate of drug-likeness (QED) is 0.480. The van der Waals surface area contributed by atoms with E-state index in [0.717, 1.165) is 28.4 Å². The maximum atomic E-state index is 15.1. The van der Waals surface area contributed by atoms with Crippen LogP contribution in [0.25, 0.3) is 21.9 Å². The molecule has 0 radical (unpaired) electrons. The van der Waals surface area contributed by atoms with Crippen LogP contribution in [0.15, 0.2) is 18.5 Å². The van der Waals surface area contributed by atoms with Gasteiger partial charge < -0.3 is 20.8 Å². The molecule has 8 nitrogen and oxygen atoms in total. The maximum absolute atomic E-state index is 15.1. The van der Waals surface area contributed by atoms with Crippen LogP contribution < -0.4 is 15.8 Å². The maximum Gasteiger partial charge on any atom is 0.324 e. The molecule has 3 aromatic heterocycles. The molecule has 30 heavy (non-hydrogen) atoms. The van der Waals surface area contributed by atoms with Crippen LogP contribution in [0.3, 0.4) is 0 Å². The third kappa shape index (κ3) is 2.35. The Bertz CT molecular complexity index is 1320. The number of nitrogens with two attached hydrogens (primary N) is 1. The summed E-state index contributed by atoms with van der Waals surface area (Å²) in [7, 11) is 1.77. The van der Waals surface area contributed by atoms with Gasteiger partial charge in [-0.3, -0.25) is 0 Å². The van der Waals surface area contributed by atoms with Gasteiger partial charge in [0, 0.05) is 29.8 Å². The fourth-order valence-electron chi connectivity index (χ4n) is 4.85. The summed E-state index contributed by atoms with van der Waals surface area (Å²) in [5.74, 6) is 1.17. The first-order chi connectivity index (χ1) is 14.5. The van der Waals surface area contributed by atoms with Gasteiger partial charge in [0.05, 0.1) is 29.3 Å². The summed E-state index contributed by atoms with van der Waals surface area (Å²) < 4.78 is 20.9. The number of hydrogen-bond acceptors (Lipinski definition) is 7. The van der Waals surface area contributed by atoms with Crippen molar-refractivity contribution in [3.8, 4) is 11.8 Å². The third-order valence-electron chi connectivity index (χ3n) is 6.41. The average molecular weight is 405 g/mol. The fraction of sp³-hybridized carbons (Fsp3) is 0.333. The van der Waals surface area contributed by atoms with Crippen molar-refractivity contribution in [3.05, 3.63) is 41.4 Å². The Morgan fingerprint density at radius 3 is 2.77 bits per heavy atom. The molecule has 6 rings (SSSR count). The van der Waals surface area contributed by atoms with E-state index < -0.39 is 0 Å². The van der Waals surface area contributed by atoms with E-state index in [9.17, 15) is 0 Å². The van der Waals surface area contributed by atoms with Gasteiger partial charge in [-0.1, -0.05) is 0 Å². The number of fused-ring (bicyclic) bond motifs is 2. The van der Waals surface area contributed by atoms with E-state index in [-0.39, 0.29) is 29.7 Å². The summed E-state index contributed by atoms with van der Waals surface area (Å²) in [5.41, 5.74) is 10.00. The number of H-pyrrole nitrogens is 1. The number of nitrogens with zero attached hydrogens (tertiary/aromatic N) is 4. The third-order valence-corrected chi connectivity index (χ3v) is 6.41. The molecule has 3 atom stereocenters. The summed E-state index contributed by atoms with van der Waals surface area (Å²) >= 11 is 0. The molecule has 3 heterocycles. The summed E-state index contributed by atoms with van der Waals surface area (Å²) in [4.78, 5) is 21.0. The topological polar surface area (TPSA) is 115 Å². The molecule has 0 saturated heterocycles. The second-order valence-electron chi connectivity index (χ2n) is 8.07. The van der Waals surface area contributed by atoms with Crippen molar-refractivity contribution in [2.24, 2.45) is 11.7 Å². The minimum atomic E-state index is -0.226. The lowest BCUT2D eigenvalue weighted by atomic mass is 9.66. The Labute approximate surface area is 171 Å². The number of hydrogen-bond donors (Lipinski definition) is 3. The molecule has 2 aliphatic rings. The van der Waals surface area contributed by atoms with E-state index in [0.29, 0.717) is 34.9 Å². The molecule has 1 aromatic carbocycles. The molecule has 9 heteroatoms. The summed E-state index contributed by atoms with van der Waals surface area (Å²) in [6.07, 6.45) is 4.58. The average Bonchev–Trinajstić information content (AvgIpc) is 3.06. The van der Waals surface area contributed by atoms with Crippen LogP contribution in [0.4, 0.5) is 10.1 Å². The fourth-order valence-corrected chi connectivity index (χ4v) is 4.85. The lowest BCUT2D eigenvalue weighted by Crippen LogP contribution is -2.47. The zero-order valence-electron chi connectivity index (χ0n) is 16.5. The molecule has 0 bridgehead atoms. The highest BCUT2D eigenvalue weighted by molar-refractivity contribution is 6.13. The Hall–Kier alpha value is -3.33. The number of benzene rings is 1. The lowest BCUT2D eigenvalue weighted by molar-refractivity contribution is 0.200. The zero-order valence-corrected chi connectivity index (χ0v) is 16.5.